The van der Waals surface area contributed by atoms with Crippen LogP contribution in [0.15, 0.2) is 27.7 Å². The molecule has 0 bridgehead atoms. The topological polar surface area (TPSA) is 127 Å². The van der Waals surface area contributed by atoms with Crippen LogP contribution < -0.4 is 0 Å². The Bertz CT molecular complexity index is 883. The van der Waals surface area contributed by atoms with Gasteiger partial charge < -0.3 is 14.4 Å². The van der Waals surface area contributed by atoms with Crippen molar-refractivity contribution < 1.29 is 9.21 Å². The largest absolute Gasteiger partial charge is 0.412 e. The highest BCUT2D eigenvalue weighted by Crippen LogP contribution is 2.15. The summed E-state index contributed by atoms with van der Waals surface area (Å²) >= 11 is 5.90. The number of halogens is 1. The first kappa shape index (κ1) is 11.5. The van der Waals surface area contributed by atoms with Crippen molar-refractivity contribution in [3.8, 4) is 0 Å². The number of H-pyrrole nitrogens is 3. The fourth-order valence-electron chi connectivity index (χ4n) is 1.63. The third-order valence-electron chi connectivity index (χ3n) is 2.47. The van der Waals surface area contributed by atoms with Crippen LogP contribution in [0.2, 0.25) is 5.02 Å². The van der Waals surface area contributed by atoms with Crippen molar-refractivity contribution in [3.05, 3.63) is 40.1 Å². The lowest BCUT2D eigenvalue weighted by Crippen LogP contribution is -2.03. The summed E-state index contributed by atoms with van der Waals surface area (Å²) in [4.78, 5) is 17.2. The highest BCUT2D eigenvalue weighted by Gasteiger charge is 2.10. The van der Waals surface area contributed by atoms with Crippen molar-refractivity contribution in [1.82, 2.24) is 20.2 Å². The van der Waals surface area contributed by atoms with Crippen molar-refractivity contribution in [2.75, 3.05) is 0 Å². The molecule has 1 amide bonds. The molecule has 19 heavy (non-hydrogen) atoms. The third kappa shape index (κ3) is 1.97. The Morgan fingerprint density at radius 2 is 2.21 bits per heavy atom. The van der Waals surface area contributed by atoms with E-state index in [1.807, 2.05) is 0 Å². The first-order valence-electron chi connectivity index (χ1n) is 5.18. The molecule has 0 radical (unpaired) electrons. The van der Waals surface area contributed by atoms with E-state index >= 15 is 0 Å². The Morgan fingerprint density at radius 1 is 1.37 bits per heavy atom. The smallest absolute Gasteiger partial charge is 0.352 e. The molecule has 96 valence electrons. The SMILES string of the molecule is N=NC(=O)c1n[nH]c2[nH]c3ccc(Cl)cc3[nH]c=2o1. The third-order valence-corrected chi connectivity index (χ3v) is 2.70. The molecule has 2 aliphatic heterocycles. The zero-order valence-electron chi connectivity index (χ0n) is 9.32. The van der Waals surface area contributed by atoms with Gasteiger partial charge in [0, 0.05) is 5.02 Å². The number of nitrogens with one attached hydrogen (secondary N) is 4. The highest BCUT2D eigenvalue weighted by atomic mass is 35.5. The Hall–Kier alpha value is -2.61. The normalized spacial score (nSPS) is 10.8. The summed E-state index contributed by atoms with van der Waals surface area (Å²) in [5, 5.41) is 9.58. The molecule has 0 saturated heterocycles. The minimum atomic E-state index is -0.877. The number of carbonyl (C=O) groups excluding carboxylic acids is 1. The summed E-state index contributed by atoms with van der Waals surface area (Å²) in [5.74, 6) is -1.19. The van der Waals surface area contributed by atoms with Crippen molar-refractivity contribution in [1.29, 1.82) is 5.53 Å². The van der Waals surface area contributed by atoms with Gasteiger partial charge in [0.05, 0.1) is 11.0 Å². The number of nitrogens with zero attached hydrogens (tertiary/aromatic N) is 2. The van der Waals surface area contributed by atoms with Crippen LogP contribution >= 0.6 is 11.6 Å². The number of carbonyl (C=O) groups is 1. The van der Waals surface area contributed by atoms with Crippen molar-refractivity contribution in [2.24, 2.45) is 5.11 Å². The molecule has 0 saturated carbocycles. The first-order valence-corrected chi connectivity index (χ1v) is 5.56. The number of aromatic nitrogens is 4. The fourth-order valence-corrected chi connectivity index (χ4v) is 1.80. The highest BCUT2D eigenvalue weighted by molar-refractivity contribution is 6.31. The summed E-state index contributed by atoms with van der Waals surface area (Å²) in [6.07, 6.45) is 0. The van der Waals surface area contributed by atoms with Crippen LogP contribution in [0, 0.1) is 16.6 Å². The Morgan fingerprint density at radius 3 is 3.00 bits per heavy atom. The molecule has 0 spiro atoms. The summed E-state index contributed by atoms with van der Waals surface area (Å²) in [7, 11) is 0. The van der Waals surface area contributed by atoms with Crippen molar-refractivity contribution >= 4 is 28.5 Å². The monoisotopic (exact) mass is 278 g/mol. The van der Waals surface area contributed by atoms with Crippen LogP contribution in [0.4, 0.5) is 0 Å². The molecule has 9 heteroatoms. The van der Waals surface area contributed by atoms with Gasteiger partial charge in [0.1, 0.15) is 0 Å². The van der Waals surface area contributed by atoms with Gasteiger partial charge in [-0.25, -0.2) is 5.53 Å². The molecule has 3 rings (SSSR count). The van der Waals surface area contributed by atoms with E-state index < -0.39 is 5.91 Å². The summed E-state index contributed by atoms with van der Waals surface area (Å²) < 4.78 is 5.23. The summed E-state index contributed by atoms with van der Waals surface area (Å²) in [5.41, 5.74) is 8.84. The van der Waals surface area contributed by atoms with Gasteiger partial charge in [-0.3, -0.25) is 9.89 Å². The van der Waals surface area contributed by atoms with Gasteiger partial charge >= 0.3 is 11.8 Å². The lowest BCUT2D eigenvalue weighted by atomic mass is 10.3. The molecule has 0 aliphatic carbocycles. The molecule has 0 fully saturated rings. The van der Waals surface area contributed by atoms with E-state index in [0.29, 0.717) is 16.0 Å². The molecule has 2 aliphatic rings. The number of amides is 1. The van der Waals surface area contributed by atoms with Gasteiger partial charge in [-0.1, -0.05) is 11.6 Å². The van der Waals surface area contributed by atoms with Crippen LogP contribution in [-0.4, -0.2) is 26.1 Å². The number of benzene rings is 1. The zero-order valence-corrected chi connectivity index (χ0v) is 10.1. The molecule has 1 aromatic rings. The molecular formula is C10H7ClN6O2. The number of rotatable bonds is 1. The zero-order chi connectivity index (χ0) is 13.4. The van der Waals surface area contributed by atoms with Crippen LogP contribution in [0.25, 0.3) is 11.0 Å². The number of aromatic amines is 3. The van der Waals surface area contributed by atoms with Gasteiger partial charge in [-0.2, -0.15) is 0 Å². The quantitative estimate of drug-likeness (QED) is 0.511. The van der Waals surface area contributed by atoms with E-state index in [4.69, 9.17) is 21.5 Å². The molecule has 0 aromatic heterocycles. The Balaban J connectivity index is 2.35. The van der Waals surface area contributed by atoms with Crippen molar-refractivity contribution in [3.63, 3.8) is 0 Å². The van der Waals surface area contributed by atoms with Crippen LogP contribution in [0.5, 0.6) is 0 Å². The van der Waals surface area contributed by atoms with Gasteiger partial charge in [0.25, 0.3) is 0 Å². The second-order valence-electron chi connectivity index (χ2n) is 3.69. The maximum absolute atomic E-state index is 11.2. The molecule has 0 atom stereocenters. The molecule has 2 heterocycles. The van der Waals surface area contributed by atoms with Gasteiger partial charge in [0.2, 0.25) is 5.55 Å². The maximum Gasteiger partial charge on any atom is 0.352 e. The molecule has 4 N–H and O–H groups in total. The van der Waals surface area contributed by atoms with E-state index in [0.717, 1.165) is 5.52 Å². The summed E-state index contributed by atoms with van der Waals surface area (Å²) in [6.45, 7) is 0. The fraction of sp³-hybridized carbons (Fsp3) is 0. The average Bonchev–Trinajstić information content (AvgIpc) is 2.43. The standard InChI is InChI=1S/C10H7ClN6O2/c11-4-1-2-5-6(3-4)14-9-7(13-5)16-17-10(19-9)8(18)15-12/h1-3,12-14,16H. The average molecular weight is 279 g/mol. The Labute approximate surface area is 109 Å². The predicted molar refractivity (Wildman–Crippen MR) is 64.5 cm³/mol. The minimum Gasteiger partial charge on any atom is -0.412 e. The Kier molecular flexibility index (Phi) is 2.57. The number of fused-ring (bicyclic) bond motifs is 1. The molecule has 0 unspecified atom stereocenters. The number of hydrogen-bond acceptors (Lipinski definition) is 4. The van der Waals surface area contributed by atoms with E-state index in [2.05, 4.69) is 25.3 Å². The van der Waals surface area contributed by atoms with E-state index in [-0.39, 0.29) is 11.4 Å². The first-order chi connectivity index (χ1) is 9.17. The summed E-state index contributed by atoms with van der Waals surface area (Å²) in [6, 6.07) is 5.24. The van der Waals surface area contributed by atoms with E-state index in [1.54, 1.807) is 18.2 Å². The molecular weight excluding hydrogens is 272 g/mol. The maximum atomic E-state index is 11.2. The van der Waals surface area contributed by atoms with E-state index in [1.165, 1.54) is 0 Å². The second kappa shape index (κ2) is 4.25. The minimum absolute atomic E-state index is 0.261. The number of hydrogen-bond donors (Lipinski definition) is 4. The molecule has 1 aromatic carbocycles. The lowest BCUT2D eigenvalue weighted by Gasteiger charge is -2.02. The van der Waals surface area contributed by atoms with Crippen LogP contribution in [-0.2, 0) is 0 Å². The van der Waals surface area contributed by atoms with Crippen molar-refractivity contribution in [2.45, 2.75) is 0 Å². The van der Waals surface area contributed by atoms with Crippen LogP contribution in [0.1, 0.15) is 10.7 Å². The molecule has 8 nitrogen and oxygen atoms in total. The van der Waals surface area contributed by atoms with Crippen LogP contribution in [0.3, 0.4) is 0 Å². The van der Waals surface area contributed by atoms with Gasteiger partial charge in [-0.15, -0.1) is 10.2 Å². The second-order valence-corrected chi connectivity index (χ2v) is 4.13. The lowest BCUT2D eigenvalue weighted by molar-refractivity contribution is 0.0948. The predicted octanol–water partition coefficient (Wildman–Crippen LogP) is 2.49. The van der Waals surface area contributed by atoms with Gasteiger partial charge in [-0.05, 0) is 18.2 Å². The van der Waals surface area contributed by atoms with Gasteiger partial charge in [0.15, 0.2) is 5.48 Å². The van der Waals surface area contributed by atoms with E-state index in [9.17, 15) is 4.79 Å².